The van der Waals surface area contributed by atoms with E-state index >= 15 is 0 Å². The summed E-state index contributed by atoms with van der Waals surface area (Å²) >= 11 is 6.08. The molecule has 0 saturated heterocycles. The van der Waals surface area contributed by atoms with Crippen molar-refractivity contribution >= 4 is 23.1 Å². The van der Waals surface area contributed by atoms with E-state index in [2.05, 4.69) is 35.9 Å². The summed E-state index contributed by atoms with van der Waals surface area (Å²) < 4.78 is 0. The van der Waals surface area contributed by atoms with E-state index in [0.29, 0.717) is 5.15 Å². The van der Waals surface area contributed by atoms with E-state index in [0.717, 1.165) is 30.2 Å². The summed E-state index contributed by atoms with van der Waals surface area (Å²) in [6.45, 7) is 4.19. The zero-order valence-corrected chi connectivity index (χ0v) is 12.3. The lowest BCUT2D eigenvalue weighted by molar-refractivity contribution is 0.831. The van der Waals surface area contributed by atoms with Crippen LogP contribution in [0.4, 0.5) is 11.5 Å². The molecule has 0 bridgehead atoms. The lowest BCUT2D eigenvalue weighted by Gasteiger charge is -2.21. The Hall–Kier alpha value is -1.61. The largest absolute Gasteiger partial charge is 0.329 e. The zero-order chi connectivity index (χ0) is 13.8. The van der Waals surface area contributed by atoms with Crippen molar-refractivity contribution in [1.29, 1.82) is 0 Å². The fourth-order valence-corrected chi connectivity index (χ4v) is 2.22. The maximum absolute atomic E-state index is 6.08. The van der Waals surface area contributed by atoms with Crippen LogP contribution in [0.1, 0.15) is 24.7 Å². The molecule has 2 rings (SSSR count). The molecule has 0 aliphatic heterocycles. The van der Waals surface area contributed by atoms with Crippen LogP contribution >= 0.6 is 11.6 Å². The quantitative estimate of drug-likeness (QED) is 0.785. The first-order valence-corrected chi connectivity index (χ1v) is 6.82. The number of rotatable bonds is 4. The van der Waals surface area contributed by atoms with Gasteiger partial charge in [-0.3, -0.25) is 0 Å². The van der Waals surface area contributed by atoms with E-state index in [1.165, 1.54) is 5.56 Å². The van der Waals surface area contributed by atoms with Gasteiger partial charge < -0.3 is 4.90 Å². The molecule has 0 spiro atoms. The van der Waals surface area contributed by atoms with E-state index in [9.17, 15) is 0 Å². The van der Waals surface area contributed by atoms with Gasteiger partial charge in [0.25, 0.3) is 0 Å². The van der Waals surface area contributed by atoms with Gasteiger partial charge in [0, 0.05) is 25.2 Å². The molecule has 0 saturated carbocycles. The summed E-state index contributed by atoms with van der Waals surface area (Å²) in [6, 6.07) is 10.0. The summed E-state index contributed by atoms with van der Waals surface area (Å²) in [7, 11) is 2.00. The van der Waals surface area contributed by atoms with Crippen molar-refractivity contribution in [2.24, 2.45) is 0 Å². The van der Waals surface area contributed by atoms with Crippen LogP contribution in [0.25, 0.3) is 0 Å². The average molecular weight is 276 g/mol. The van der Waals surface area contributed by atoms with Crippen molar-refractivity contribution in [3.63, 3.8) is 0 Å². The lowest BCUT2D eigenvalue weighted by Crippen LogP contribution is -2.14. The summed E-state index contributed by atoms with van der Waals surface area (Å²) in [5, 5.41) is 0.494. The third kappa shape index (κ3) is 3.24. The van der Waals surface area contributed by atoms with Crippen LogP contribution < -0.4 is 4.90 Å². The fourth-order valence-electron chi connectivity index (χ4n) is 2.02. The third-order valence-corrected chi connectivity index (χ3v) is 3.22. The topological polar surface area (TPSA) is 29.0 Å². The molecule has 0 amide bonds. The van der Waals surface area contributed by atoms with Crippen molar-refractivity contribution in [1.82, 2.24) is 9.97 Å². The standard InChI is InChI=1S/C15H18ClN3/c1-4-7-14-17-13(16)10-15(18-14)19(3)12-9-6-5-8-11(12)2/h5-6,8-10H,4,7H2,1-3H3. The SMILES string of the molecule is CCCc1nc(Cl)cc(N(C)c2ccccc2C)n1. The van der Waals surface area contributed by atoms with Crippen molar-refractivity contribution in [3.8, 4) is 0 Å². The normalized spacial score (nSPS) is 10.5. The molecular weight excluding hydrogens is 258 g/mol. The molecule has 0 aliphatic rings. The Morgan fingerprint density at radius 1 is 1.21 bits per heavy atom. The number of benzene rings is 1. The molecule has 100 valence electrons. The second kappa shape index (κ2) is 6.02. The highest BCUT2D eigenvalue weighted by Gasteiger charge is 2.10. The van der Waals surface area contributed by atoms with Crippen LogP contribution in [0, 0.1) is 6.92 Å². The summed E-state index contributed by atoms with van der Waals surface area (Å²) in [5.41, 5.74) is 2.33. The Morgan fingerprint density at radius 3 is 2.63 bits per heavy atom. The zero-order valence-electron chi connectivity index (χ0n) is 11.5. The van der Waals surface area contributed by atoms with Gasteiger partial charge in [-0.05, 0) is 25.0 Å². The fraction of sp³-hybridized carbons (Fsp3) is 0.333. The maximum atomic E-state index is 6.08. The van der Waals surface area contributed by atoms with Gasteiger partial charge in [0.2, 0.25) is 0 Å². The number of aromatic nitrogens is 2. The van der Waals surface area contributed by atoms with Gasteiger partial charge in [-0.2, -0.15) is 0 Å². The molecule has 0 radical (unpaired) electrons. The van der Waals surface area contributed by atoms with Crippen LogP contribution in [-0.4, -0.2) is 17.0 Å². The van der Waals surface area contributed by atoms with E-state index in [4.69, 9.17) is 11.6 Å². The molecule has 4 heteroatoms. The summed E-state index contributed by atoms with van der Waals surface area (Å²) in [4.78, 5) is 10.9. The van der Waals surface area contributed by atoms with Gasteiger partial charge in [-0.15, -0.1) is 0 Å². The Morgan fingerprint density at radius 2 is 1.95 bits per heavy atom. The molecule has 0 aliphatic carbocycles. The van der Waals surface area contributed by atoms with E-state index in [1.54, 1.807) is 6.07 Å². The van der Waals surface area contributed by atoms with Crippen LogP contribution in [0.2, 0.25) is 5.15 Å². The third-order valence-electron chi connectivity index (χ3n) is 3.02. The monoisotopic (exact) mass is 275 g/mol. The minimum atomic E-state index is 0.494. The molecule has 0 fully saturated rings. The molecule has 1 aromatic heterocycles. The molecule has 19 heavy (non-hydrogen) atoms. The van der Waals surface area contributed by atoms with Crippen molar-refractivity contribution in [2.75, 3.05) is 11.9 Å². The summed E-state index contributed by atoms with van der Waals surface area (Å²) in [5.74, 6) is 1.63. The second-order valence-corrected chi connectivity index (χ2v) is 4.95. The van der Waals surface area contributed by atoms with Crippen LogP contribution in [0.5, 0.6) is 0 Å². The predicted octanol–water partition coefficient (Wildman–Crippen LogP) is 4.16. The lowest BCUT2D eigenvalue weighted by atomic mass is 10.2. The smallest absolute Gasteiger partial charge is 0.137 e. The Balaban J connectivity index is 2.38. The second-order valence-electron chi connectivity index (χ2n) is 4.56. The van der Waals surface area contributed by atoms with Crippen molar-refractivity contribution < 1.29 is 0 Å². The van der Waals surface area contributed by atoms with Gasteiger partial charge in [0.15, 0.2) is 0 Å². The highest BCUT2D eigenvalue weighted by atomic mass is 35.5. The predicted molar refractivity (Wildman–Crippen MR) is 80.3 cm³/mol. The first-order chi connectivity index (χ1) is 9.11. The number of hydrogen-bond donors (Lipinski definition) is 0. The molecule has 2 aromatic rings. The van der Waals surface area contributed by atoms with Gasteiger partial charge in [-0.1, -0.05) is 36.7 Å². The van der Waals surface area contributed by atoms with Gasteiger partial charge in [-0.25, -0.2) is 9.97 Å². The maximum Gasteiger partial charge on any atom is 0.137 e. The molecule has 1 aromatic carbocycles. The number of para-hydroxylation sites is 1. The molecule has 0 unspecified atom stereocenters. The Labute approximate surface area is 119 Å². The highest BCUT2D eigenvalue weighted by molar-refractivity contribution is 6.29. The van der Waals surface area contributed by atoms with E-state index in [-0.39, 0.29) is 0 Å². The number of hydrogen-bond acceptors (Lipinski definition) is 3. The molecule has 0 atom stereocenters. The minimum Gasteiger partial charge on any atom is -0.329 e. The number of anilines is 2. The van der Waals surface area contributed by atoms with E-state index in [1.807, 2.05) is 24.1 Å². The van der Waals surface area contributed by atoms with Crippen molar-refractivity contribution in [3.05, 3.63) is 46.9 Å². The van der Waals surface area contributed by atoms with Gasteiger partial charge >= 0.3 is 0 Å². The van der Waals surface area contributed by atoms with Crippen LogP contribution in [0.3, 0.4) is 0 Å². The number of nitrogens with zero attached hydrogens (tertiary/aromatic N) is 3. The van der Waals surface area contributed by atoms with Gasteiger partial charge in [0.05, 0.1) is 0 Å². The summed E-state index contributed by atoms with van der Waals surface area (Å²) in [6.07, 6.45) is 1.85. The Bertz CT molecular complexity index is 569. The van der Waals surface area contributed by atoms with Crippen LogP contribution in [0.15, 0.2) is 30.3 Å². The highest BCUT2D eigenvalue weighted by Crippen LogP contribution is 2.26. The van der Waals surface area contributed by atoms with Crippen LogP contribution in [-0.2, 0) is 6.42 Å². The molecule has 3 nitrogen and oxygen atoms in total. The molecular formula is C15H18ClN3. The van der Waals surface area contributed by atoms with E-state index < -0.39 is 0 Å². The first kappa shape index (κ1) is 13.8. The first-order valence-electron chi connectivity index (χ1n) is 6.44. The molecule has 0 N–H and O–H groups in total. The molecule has 1 heterocycles. The number of halogens is 1. The minimum absolute atomic E-state index is 0.494. The number of aryl methyl sites for hydroxylation is 2. The average Bonchev–Trinajstić information content (AvgIpc) is 2.38. The van der Waals surface area contributed by atoms with Gasteiger partial charge in [0.1, 0.15) is 16.8 Å². The Kier molecular flexibility index (Phi) is 4.38. The van der Waals surface area contributed by atoms with Crippen molar-refractivity contribution in [2.45, 2.75) is 26.7 Å².